The van der Waals surface area contributed by atoms with E-state index in [4.69, 9.17) is 0 Å². The van der Waals surface area contributed by atoms with E-state index in [1.165, 1.54) is 122 Å². The second-order valence-corrected chi connectivity index (χ2v) is 9.15. The van der Waals surface area contributed by atoms with Crippen molar-refractivity contribution in [3.05, 3.63) is 0 Å². The monoisotopic (exact) mass is 328 g/mol. The number of hydrogen-bond donors (Lipinski definition) is 0. The summed E-state index contributed by atoms with van der Waals surface area (Å²) < 4.78 is 0. The molecule has 2 fully saturated rings. The molecule has 0 unspecified atom stereocenters. The van der Waals surface area contributed by atoms with E-state index in [1.807, 2.05) is 0 Å². The maximum atomic E-state index is 2.68. The van der Waals surface area contributed by atoms with Gasteiger partial charge in [0.2, 0.25) is 0 Å². The molecule has 24 heavy (non-hydrogen) atoms. The Labute approximate surface area is 154 Å². The van der Waals surface area contributed by atoms with Gasteiger partial charge in [0.25, 0.3) is 0 Å². The van der Waals surface area contributed by atoms with Gasteiger partial charge < -0.3 is 0 Å². The zero-order chi connectivity index (χ0) is 16.9. The van der Waals surface area contributed by atoms with E-state index in [2.05, 4.69) is 21.3 Å². The number of hydrogen-bond acceptors (Lipinski definition) is 0. The fourth-order valence-electron chi connectivity index (χ4n) is 4.81. The van der Waals surface area contributed by atoms with Crippen LogP contribution in [0.4, 0.5) is 0 Å². The molecule has 0 heterocycles. The average Bonchev–Trinajstić information content (AvgIpc) is 2.65. The van der Waals surface area contributed by atoms with Gasteiger partial charge in [-0.1, -0.05) is 140 Å². The van der Waals surface area contributed by atoms with Crippen LogP contribution in [0.15, 0.2) is 0 Å². The molecule has 0 spiro atoms. The van der Waals surface area contributed by atoms with Gasteiger partial charge in [0.05, 0.1) is 14.3 Å². The summed E-state index contributed by atoms with van der Waals surface area (Å²) >= 11 is 0. The lowest BCUT2D eigenvalue weighted by Crippen LogP contribution is -2.26. The largest absolute Gasteiger partial charge is 0.0774 e. The molecule has 0 amide bonds. The Bertz CT molecular complexity index is 280. The molecule has 2 aliphatic carbocycles. The minimum absolute atomic E-state index is 0.490. The average molecular weight is 328 g/mol. The highest BCUT2D eigenvalue weighted by molar-refractivity contribution is 7.02. The molecule has 0 aliphatic heterocycles. The van der Waals surface area contributed by atoms with E-state index in [0.29, 0.717) is 5.31 Å². The van der Waals surface area contributed by atoms with Crippen molar-refractivity contribution in [1.29, 1.82) is 0 Å². The van der Waals surface area contributed by atoms with Gasteiger partial charge in [-0.25, -0.2) is 0 Å². The van der Waals surface area contributed by atoms with Crippen molar-refractivity contribution in [1.82, 2.24) is 0 Å². The first-order chi connectivity index (χ1) is 11.8. The molecule has 2 radical (unpaired) electrons. The first kappa shape index (κ1) is 20.4. The topological polar surface area (TPSA) is 0 Å². The summed E-state index contributed by atoms with van der Waals surface area (Å²) in [5.41, 5.74) is 0. The van der Waals surface area contributed by atoms with Gasteiger partial charge in [-0.3, -0.25) is 0 Å². The molecular weight excluding hydrogens is 286 g/mol. The van der Waals surface area contributed by atoms with Crippen molar-refractivity contribution in [3.8, 4) is 0 Å². The third-order valence-corrected chi connectivity index (χ3v) is 6.67. The molecule has 0 atom stereocenters. The summed E-state index contributed by atoms with van der Waals surface area (Å²) in [6.45, 7) is 2.55. The molecule has 136 valence electrons. The van der Waals surface area contributed by atoms with E-state index in [-0.39, 0.29) is 0 Å². The number of rotatable bonds is 3. The maximum absolute atomic E-state index is 2.68. The van der Waals surface area contributed by atoms with Crippen molar-refractivity contribution in [2.24, 2.45) is 0 Å². The molecular formula is C22H42B2. The van der Waals surface area contributed by atoms with Crippen LogP contribution < -0.4 is 0 Å². The van der Waals surface area contributed by atoms with Crippen LogP contribution in [0.1, 0.15) is 129 Å². The SMILES string of the molecule is CC1([B][B]C2CCCCCCCCCC2)CCCCCCCCC1. The van der Waals surface area contributed by atoms with Crippen molar-refractivity contribution < 1.29 is 0 Å². The Balaban J connectivity index is 1.77. The third kappa shape index (κ3) is 9.00. The second kappa shape index (κ2) is 12.5. The zero-order valence-electron chi connectivity index (χ0n) is 16.7. The van der Waals surface area contributed by atoms with Crippen molar-refractivity contribution in [2.75, 3.05) is 0 Å². The van der Waals surface area contributed by atoms with Crippen LogP contribution in [0.25, 0.3) is 0 Å². The molecule has 0 aromatic rings. The van der Waals surface area contributed by atoms with Crippen LogP contribution in [0.5, 0.6) is 0 Å². The molecule has 2 heteroatoms. The van der Waals surface area contributed by atoms with Crippen LogP contribution in [0, 0.1) is 0 Å². The van der Waals surface area contributed by atoms with Crippen molar-refractivity contribution >= 4 is 14.3 Å². The first-order valence-electron chi connectivity index (χ1n) is 11.5. The molecule has 0 bridgehead atoms. The predicted octanol–water partition coefficient (Wildman–Crippen LogP) is 7.72. The third-order valence-electron chi connectivity index (χ3n) is 6.67. The van der Waals surface area contributed by atoms with Gasteiger partial charge in [0.15, 0.2) is 0 Å². The minimum atomic E-state index is 0.490. The fraction of sp³-hybridized carbons (Fsp3) is 1.00. The van der Waals surface area contributed by atoms with Crippen LogP contribution in [-0.4, -0.2) is 14.3 Å². The standard InChI is InChI=1S/C22H42B2/c1-22(19-15-11-7-4-8-12-16-20-22)24-23-21-17-13-9-5-2-3-6-10-14-18-21/h21H,2-20H2,1H3. The van der Waals surface area contributed by atoms with E-state index >= 15 is 0 Å². The minimum Gasteiger partial charge on any atom is -0.0774 e. The second-order valence-electron chi connectivity index (χ2n) is 9.15. The van der Waals surface area contributed by atoms with Gasteiger partial charge in [-0.2, -0.15) is 0 Å². The molecule has 0 saturated heterocycles. The molecule has 0 nitrogen and oxygen atoms in total. The zero-order valence-corrected chi connectivity index (χ0v) is 16.7. The smallest absolute Gasteiger partial charge is 0.0738 e. The lowest BCUT2D eigenvalue weighted by atomic mass is 9.23. The van der Waals surface area contributed by atoms with Gasteiger partial charge in [-0.05, 0) is 0 Å². The van der Waals surface area contributed by atoms with Gasteiger partial charge in [0.1, 0.15) is 0 Å². The van der Waals surface area contributed by atoms with E-state index < -0.39 is 0 Å². The van der Waals surface area contributed by atoms with Gasteiger partial charge in [-0.15, -0.1) is 0 Å². The van der Waals surface area contributed by atoms with E-state index in [9.17, 15) is 0 Å². The van der Waals surface area contributed by atoms with Gasteiger partial charge in [0, 0.05) is 0 Å². The quantitative estimate of drug-likeness (QED) is 0.465. The molecule has 2 aliphatic rings. The van der Waals surface area contributed by atoms with Crippen LogP contribution in [-0.2, 0) is 0 Å². The molecule has 0 aromatic heterocycles. The van der Waals surface area contributed by atoms with Crippen LogP contribution >= 0.6 is 0 Å². The lowest BCUT2D eigenvalue weighted by Gasteiger charge is -2.32. The summed E-state index contributed by atoms with van der Waals surface area (Å²) in [7, 11) is 5.35. The molecule has 2 rings (SSSR count). The summed E-state index contributed by atoms with van der Waals surface area (Å²) in [6.07, 6.45) is 27.8. The predicted molar refractivity (Wildman–Crippen MR) is 111 cm³/mol. The fourth-order valence-corrected chi connectivity index (χ4v) is 4.81. The van der Waals surface area contributed by atoms with Gasteiger partial charge >= 0.3 is 0 Å². The normalized spacial score (nSPS) is 26.0. The summed E-state index contributed by atoms with van der Waals surface area (Å²) in [5, 5.41) is 0.490. The molecule has 0 aromatic carbocycles. The van der Waals surface area contributed by atoms with Crippen LogP contribution in [0.3, 0.4) is 0 Å². The summed E-state index contributed by atoms with van der Waals surface area (Å²) in [5.74, 6) is 0.871. The molecule has 2 saturated carbocycles. The Morgan fingerprint density at radius 1 is 0.542 bits per heavy atom. The highest BCUT2D eigenvalue weighted by Gasteiger charge is 2.26. The summed E-state index contributed by atoms with van der Waals surface area (Å²) in [6, 6.07) is 0. The Hall–Kier alpha value is 0.130. The first-order valence-corrected chi connectivity index (χ1v) is 11.5. The highest BCUT2D eigenvalue weighted by Crippen LogP contribution is 2.39. The summed E-state index contributed by atoms with van der Waals surface area (Å²) in [4.78, 5) is 0. The van der Waals surface area contributed by atoms with Crippen LogP contribution in [0.2, 0.25) is 11.1 Å². The van der Waals surface area contributed by atoms with Crippen molar-refractivity contribution in [3.63, 3.8) is 0 Å². The molecule has 0 N–H and O–H groups in total. The Morgan fingerprint density at radius 3 is 1.38 bits per heavy atom. The Morgan fingerprint density at radius 2 is 0.917 bits per heavy atom. The lowest BCUT2D eigenvalue weighted by molar-refractivity contribution is 0.428. The Kier molecular flexibility index (Phi) is 10.6. The maximum Gasteiger partial charge on any atom is 0.0738 e. The van der Waals surface area contributed by atoms with E-state index in [1.54, 1.807) is 0 Å². The van der Waals surface area contributed by atoms with Crippen molar-refractivity contribution in [2.45, 2.75) is 140 Å². The van der Waals surface area contributed by atoms with E-state index in [0.717, 1.165) is 5.82 Å². The highest BCUT2D eigenvalue weighted by atomic mass is 14.2.